The van der Waals surface area contributed by atoms with Gasteiger partial charge in [-0.25, -0.2) is 14.6 Å². The molecule has 0 saturated carbocycles. The van der Waals surface area contributed by atoms with Crippen molar-refractivity contribution in [2.75, 3.05) is 0 Å². The van der Waals surface area contributed by atoms with Gasteiger partial charge in [-0.3, -0.25) is 0 Å². The van der Waals surface area contributed by atoms with Crippen LogP contribution in [0, 0.1) is 6.61 Å². The molecule has 0 aliphatic heterocycles. The molecule has 67 valence electrons. The number of nitrogens with zero attached hydrogens (tertiary/aromatic N) is 1. The molecule has 0 aliphatic carbocycles. The molecule has 0 bridgehead atoms. The molecule has 0 atom stereocenters. The molecule has 1 N–H and O–H groups in total. The average Bonchev–Trinajstić information content (AvgIpc) is 2.15. The van der Waals surface area contributed by atoms with E-state index in [4.69, 9.17) is 5.11 Å². The lowest BCUT2D eigenvalue weighted by Crippen LogP contribution is -2.09. The van der Waals surface area contributed by atoms with Gasteiger partial charge in [0.1, 0.15) is 5.69 Å². The van der Waals surface area contributed by atoms with Crippen LogP contribution in [0.3, 0.4) is 0 Å². The third kappa shape index (κ3) is 2.90. The summed E-state index contributed by atoms with van der Waals surface area (Å²) >= 11 is 0. The molecule has 1 rings (SSSR count). The Morgan fingerprint density at radius 2 is 2.23 bits per heavy atom. The van der Waals surface area contributed by atoms with Crippen LogP contribution in [0.15, 0.2) is 24.4 Å². The number of ether oxygens (including phenoxy) is 1. The summed E-state index contributed by atoms with van der Waals surface area (Å²) in [7, 11) is 0. The van der Waals surface area contributed by atoms with Crippen LogP contribution in [0.5, 0.6) is 0 Å². The Kier molecular flexibility index (Phi) is 2.97. The Balaban J connectivity index is 2.54. The predicted octanol–water partition coefficient (Wildman–Crippen LogP) is 0.485. The summed E-state index contributed by atoms with van der Waals surface area (Å²) in [6.07, 6.45) is 1.41. The summed E-state index contributed by atoms with van der Waals surface area (Å²) in [4.78, 5) is 24.6. The van der Waals surface area contributed by atoms with Crippen molar-refractivity contribution >= 4 is 11.9 Å². The number of hydrogen-bond donors (Lipinski definition) is 1. The second-order valence-electron chi connectivity index (χ2n) is 2.08. The van der Waals surface area contributed by atoms with E-state index in [0.29, 0.717) is 6.61 Å². The van der Waals surface area contributed by atoms with Crippen LogP contribution in [-0.2, 0) is 9.53 Å². The third-order valence-electron chi connectivity index (χ3n) is 1.14. The first-order valence-corrected chi connectivity index (χ1v) is 3.38. The van der Waals surface area contributed by atoms with E-state index in [1.54, 1.807) is 12.1 Å². The molecule has 0 aliphatic rings. The molecule has 0 amide bonds. The molecule has 1 radical (unpaired) electrons. The molecule has 1 aromatic heterocycles. The molecule has 0 unspecified atom stereocenters. The highest BCUT2D eigenvalue weighted by atomic mass is 16.5. The van der Waals surface area contributed by atoms with Gasteiger partial charge in [0.15, 0.2) is 0 Å². The summed E-state index contributed by atoms with van der Waals surface area (Å²) in [6, 6.07) is 4.67. The first-order valence-electron chi connectivity index (χ1n) is 3.38. The van der Waals surface area contributed by atoms with Gasteiger partial charge in [0, 0.05) is 6.20 Å². The number of carbonyl (C=O) groups is 2. The van der Waals surface area contributed by atoms with E-state index in [-0.39, 0.29) is 5.69 Å². The zero-order valence-corrected chi connectivity index (χ0v) is 6.51. The molecular formula is C8H6NO4. The maximum Gasteiger partial charge on any atom is 0.357 e. The number of rotatable bonds is 3. The molecule has 5 nitrogen and oxygen atoms in total. The molecule has 1 heterocycles. The van der Waals surface area contributed by atoms with Crippen LogP contribution in [0.25, 0.3) is 0 Å². The minimum atomic E-state index is -1.32. The Bertz CT molecular complexity index is 309. The Morgan fingerprint density at radius 1 is 1.46 bits per heavy atom. The number of pyridine rings is 1. The van der Waals surface area contributed by atoms with Crippen molar-refractivity contribution in [1.82, 2.24) is 4.98 Å². The van der Waals surface area contributed by atoms with E-state index in [0.717, 1.165) is 0 Å². The molecule has 0 saturated heterocycles. The van der Waals surface area contributed by atoms with Crippen molar-refractivity contribution in [1.29, 1.82) is 0 Å². The van der Waals surface area contributed by atoms with Gasteiger partial charge in [-0.05, 0) is 12.1 Å². The number of carbonyl (C=O) groups excluding carboxylic acids is 1. The summed E-state index contributed by atoms with van der Waals surface area (Å²) < 4.78 is 4.26. The highest BCUT2D eigenvalue weighted by molar-refractivity contribution is 5.89. The van der Waals surface area contributed by atoms with E-state index >= 15 is 0 Å². The fourth-order valence-corrected chi connectivity index (χ4v) is 0.648. The minimum absolute atomic E-state index is 0.0694. The normalized spacial score (nSPS) is 9.23. The van der Waals surface area contributed by atoms with Gasteiger partial charge >= 0.3 is 11.9 Å². The molecule has 13 heavy (non-hydrogen) atoms. The lowest BCUT2D eigenvalue weighted by molar-refractivity contribution is -0.136. The van der Waals surface area contributed by atoms with Gasteiger partial charge in [-0.15, -0.1) is 0 Å². The number of hydrogen-bond acceptors (Lipinski definition) is 4. The first kappa shape index (κ1) is 9.18. The summed E-state index contributed by atoms with van der Waals surface area (Å²) in [5.74, 6) is -2.10. The molecular weight excluding hydrogens is 174 g/mol. The Hall–Kier alpha value is -1.91. The zero-order valence-electron chi connectivity index (χ0n) is 6.51. The van der Waals surface area contributed by atoms with Crippen molar-refractivity contribution in [2.24, 2.45) is 0 Å². The lowest BCUT2D eigenvalue weighted by atomic mass is 10.4. The third-order valence-corrected chi connectivity index (χ3v) is 1.14. The monoisotopic (exact) mass is 180 g/mol. The standard InChI is InChI=1S/C8H6NO4/c10-7(11)5-13-8(12)6-3-1-2-4-9-6/h1-5H,(H,10,11). The van der Waals surface area contributed by atoms with Gasteiger partial charge < -0.3 is 9.84 Å². The summed E-state index contributed by atoms with van der Waals surface area (Å²) in [5, 5.41) is 8.16. The fraction of sp³-hybridized carbons (Fsp3) is 0. The number of aromatic nitrogens is 1. The minimum Gasteiger partial charge on any atom is -0.478 e. The smallest absolute Gasteiger partial charge is 0.357 e. The SMILES string of the molecule is O=C(O)[CH]OC(=O)c1ccccn1. The summed E-state index contributed by atoms with van der Waals surface area (Å²) in [5.41, 5.74) is 0.0694. The van der Waals surface area contributed by atoms with Crippen LogP contribution < -0.4 is 0 Å². The van der Waals surface area contributed by atoms with Gasteiger partial charge in [-0.2, -0.15) is 0 Å². The van der Waals surface area contributed by atoms with Crippen LogP contribution in [-0.4, -0.2) is 22.0 Å². The quantitative estimate of drug-likeness (QED) is 0.685. The zero-order chi connectivity index (χ0) is 9.68. The Morgan fingerprint density at radius 3 is 2.77 bits per heavy atom. The van der Waals surface area contributed by atoms with E-state index in [9.17, 15) is 9.59 Å². The van der Waals surface area contributed by atoms with E-state index in [1.807, 2.05) is 0 Å². The molecule has 5 heteroatoms. The van der Waals surface area contributed by atoms with Gasteiger partial charge in [-0.1, -0.05) is 6.07 Å². The van der Waals surface area contributed by atoms with Crippen molar-refractivity contribution in [3.63, 3.8) is 0 Å². The van der Waals surface area contributed by atoms with Crippen molar-refractivity contribution < 1.29 is 19.4 Å². The van der Waals surface area contributed by atoms with Crippen molar-refractivity contribution in [2.45, 2.75) is 0 Å². The van der Waals surface area contributed by atoms with Crippen LogP contribution in [0.4, 0.5) is 0 Å². The molecule has 0 spiro atoms. The van der Waals surface area contributed by atoms with Crippen LogP contribution in [0.2, 0.25) is 0 Å². The van der Waals surface area contributed by atoms with Crippen LogP contribution in [0.1, 0.15) is 10.5 Å². The predicted molar refractivity (Wildman–Crippen MR) is 41.6 cm³/mol. The fourth-order valence-electron chi connectivity index (χ4n) is 0.648. The largest absolute Gasteiger partial charge is 0.478 e. The van der Waals surface area contributed by atoms with Crippen molar-refractivity contribution in [3.05, 3.63) is 36.7 Å². The molecule has 1 aromatic rings. The van der Waals surface area contributed by atoms with E-state index < -0.39 is 11.9 Å². The first-order chi connectivity index (χ1) is 6.20. The average molecular weight is 180 g/mol. The Labute approximate surface area is 74.0 Å². The van der Waals surface area contributed by atoms with Crippen molar-refractivity contribution in [3.8, 4) is 0 Å². The van der Waals surface area contributed by atoms with E-state index in [2.05, 4.69) is 9.72 Å². The highest BCUT2D eigenvalue weighted by Crippen LogP contribution is 1.97. The number of aliphatic carboxylic acids is 1. The number of carboxylic acid groups (broad SMARTS) is 1. The summed E-state index contributed by atoms with van der Waals surface area (Å²) in [6.45, 7) is 0.414. The van der Waals surface area contributed by atoms with Gasteiger partial charge in [0.05, 0.1) is 0 Å². The maximum atomic E-state index is 11.0. The highest BCUT2D eigenvalue weighted by Gasteiger charge is 2.09. The number of esters is 1. The number of carboxylic acids is 1. The molecule has 0 fully saturated rings. The lowest BCUT2D eigenvalue weighted by Gasteiger charge is -1.98. The second kappa shape index (κ2) is 4.20. The maximum absolute atomic E-state index is 11.0. The second-order valence-corrected chi connectivity index (χ2v) is 2.08. The van der Waals surface area contributed by atoms with Gasteiger partial charge in [0.2, 0.25) is 6.61 Å². The van der Waals surface area contributed by atoms with E-state index in [1.165, 1.54) is 12.3 Å². The van der Waals surface area contributed by atoms with Crippen LogP contribution >= 0.6 is 0 Å². The van der Waals surface area contributed by atoms with Gasteiger partial charge in [0.25, 0.3) is 0 Å². The topological polar surface area (TPSA) is 76.5 Å². The molecule has 0 aromatic carbocycles.